The van der Waals surface area contributed by atoms with Gasteiger partial charge in [-0.25, -0.2) is 13.2 Å². The number of fused-ring (bicyclic) bond motifs is 1. The summed E-state index contributed by atoms with van der Waals surface area (Å²) in [7, 11) is 0. The lowest BCUT2D eigenvalue weighted by molar-refractivity contribution is -0.116. The van der Waals surface area contributed by atoms with Crippen LogP contribution in [-0.4, -0.2) is 47.5 Å². The number of carbonyl (C=O) groups excluding carboxylic acids is 1. The van der Waals surface area contributed by atoms with Gasteiger partial charge in [-0.1, -0.05) is 15.9 Å². The predicted molar refractivity (Wildman–Crippen MR) is 111 cm³/mol. The molecule has 31 heavy (non-hydrogen) atoms. The van der Waals surface area contributed by atoms with Gasteiger partial charge in [-0.3, -0.25) is 4.79 Å². The summed E-state index contributed by atoms with van der Waals surface area (Å²) in [6, 6.07) is 5.44. The van der Waals surface area contributed by atoms with E-state index in [1.807, 2.05) is 0 Å². The maximum atomic E-state index is 14.2. The maximum Gasteiger partial charge on any atom is 0.224 e. The minimum absolute atomic E-state index is 0.00379. The number of hydrogen-bond donors (Lipinski definition) is 3. The number of anilines is 2. The number of ether oxygens (including phenoxy) is 1. The van der Waals surface area contributed by atoms with Gasteiger partial charge in [0.2, 0.25) is 5.91 Å². The number of halogens is 4. The molecule has 2 aromatic rings. The second-order valence-corrected chi connectivity index (χ2v) is 8.69. The van der Waals surface area contributed by atoms with Crippen molar-refractivity contribution in [1.82, 2.24) is 0 Å². The lowest BCUT2D eigenvalue weighted by Gasteiger charge is -2.42. The van der Waals surface area contributed by atoms with E-state index in [1.165, 1.54) is 6.07 Å². The molecule has 2 aliphatic rings. The number of carbonyl (C=O) groups is 1. The standard InChI is InChI=1S/C21H20BrF3N2O4/c22-11-1-3-15(13(23)7-11)27-6-5-21(30,17(28)9-27)10-31-16-8-14(24)19(25)20-12(16)2-4-18(29)26-20/h1,3,7-8,17,28,30H,2,4-6,9-10H2,(H,26,29)/t17-,21-/m1/s1. The van der Waals surface area contributed by atoms with E-state index in [0.29, 0.717) is 15.7 Å². The molecule has 0 bridgehead atoms. The van der Waals surface area contributed by atoms with Crippen molar-refractivity contribution in [3.05, 3.63) is 51.8 Å². The average Bonchev–Trinajstić information content (AvgIpc) is 2.72. The van der Waals surface area contributed by atoms with E-state index >= 15 is 0 Å². The van der Waals surface area contributed by atoms with Crippen molar-refractivity contribution < 1.29 is 32.9 Å². The van der Waals surface area contributed by atoms with Gasteiger partial charge in [-0.05, 0) is 31.0 Å². The summed E-state index contributed by atoms with van der Waals surface area (Å²) in [6.07, 6.45) is -0.961. The smallest absolute Gasteiger partial charge is 0.224 e. The number of hydrogen-bond acceptors (Lipinski definition) is 5. The van der Waals surface area contributed by atoms with Crippen LogP contribution >= 0.6 is 15.9 Å². The summed E-state index contributed by atoms with van der Waals surface area (Å²) in [6.45, 7) is -0.165. The van der Waals surface area contributed by atoms with Gasteiger partial charge in [-0.15, -0.1) is 0 Å². The zero-order valence-electron chi connectivity index (χ0n) is 16.3. The molecule has 6 nitrogen and oxygen atoms in total. The third-order valence-electron chi connectivity index (χ3n) is 5.71. The maximum absolute atomic E-state index is 14.2. The van der Waals surface area contributed by atoms with Crippen LogP contribution in [-0.2, 0) is 11.2 Å². The average molecular weight is 501 g/mol. The van der Waals surface area contributed by atoms with Crippen molar-refractivity contribution in [3.8, 4) is 5.75 Å². The minimum atomic E-state index is -1.67. The van der Waals surface area contributed by atoms with Crippen LogP contribution in [0.15, 0.2) is 28.7 Å². The summed E-state index contributed by atoms with van der Waals surface area (Å²) < 4.78 is 48.5. The molecule has 166 valence electrons. The van der Waals surface area contributed by atoms with Crippen LogP contribution in [0.25, 0.3) is 0 Å². The van der Waals surface area contributed by atoms with E-state index in [9.17, 15) is 28.2 Å². The predicted octanol–water partition coefficient (Wildman–Crippen LogP) is 3.13. The van der Waals surface area contributed by atoms with Crippen molar-refractivity contribution in [2.45, 2.75) is 31.0 Å². The van der Waals surface area contributed by atoms with Crippen molar-refractivity contribution in [3.63, 3.8) is 0 Å². The Balaban J connectivity index is 1.49. The Hall–Kier alpha value is -2.30. The minimum Gasteiger partial charge on any atom is -0.490 e. The van der Waals surface area contributed by atoms with E-state index in [-0.39, 0.29) is 50.4 Å². The number of aliphatic hydroxyl groups excluding tert-OH is 1. The first kappa shape index (κ1) is 21.9. The molecule has 10 heteroatoms. The molecule has 2 aromatic carbocycles. The topological polar surface area (TPSA) is 82.0 Å². The molecule has 1 fully saturated rings. The Bertz CT molecular complexity index is 1040. The van der Waals surface area contributed by atoms with Crippen LogP contribution < -0.4 is 15.0 Å². The fourth-order valence-electron chi connectivity index (χ4n) is 3.88. The third kappa shape index (κ3) is 4.24. The van der Waals surface area contributed by atoms with Gasteiger partial charge in [0, 0.05) is 35.6 Å². The molecule has 0 radical (unpaired) electrons. The van der Waals surface area contributed by atoms with Crippen LogP contribution in [0.5, 0.6) is 5.75 Å². The Morgan fingerprint density at radius 3 is 2.71 bits per heavy atom. The molecule has 3 N–H and O–H groups in total. The summed E-state index contributed by atoms with van der Waals surface area (Å²) in [5.41, 5.74) is -1.33. The molecule has 0 saturated carbocycles. The molecule has 0 unspecified atom stereocenters. The molecular formula is C21H20BrF3N2O4. The Kier molecular flexibility index (Phi) is 5.89. The van der Waals surface area contributed by atoms with Crippen molar-refractivity contribution in [2.75, 3.05) is 29.9 Å². The second-order valence-electron chi connectivity index (χ2n) is 7.77. The van der Waals surface area contributed by atoms with E-state index in [1.54, 1.807) is 17.0 Å². The van der Waals surface area contributed by atoms with Crippen molar-refractivity contribution in [1.29, 1.82) is 0 Å². The molecule has 0 aromatic heterocycles. The van der Waals surface area contributed by atoms with E-state index < -0.39 is 35.1 Å². The Morgan fingerprint density at radius 2 is 2.00 bits per heavy atom. The molecule has 4 rings (SSSR count). The van der Waals surface area contributed by atoms with Crippen LogP contribution in [0.4, 0.5) is 24.5 Å². The largest absolute Gasteiger partial charge is 0.490 e. The van der Waals surface area contributed by atoms with Gasteiger partial charge in [0.1, 0.15) is 29.9 Å². The molecule has 2 aliphatic heterocycles. The first-order valence-electron chi connectivity index (χ1n) is 9.72. The number of piperidine rings is 1. The van der Waals surface area contributed by atoms with Crippen LogP contribution in [0, 0.1) is 17.5 Å². The zero-order valence-corrected chi connectivity index (χ0v) is 17.9. The van der Waals surface area contributed by atoms with Gasteiger partial charge in [-0.2, -0.15) is 0 Å². The first-order valence-corrected chi connectivity index (χ1v) is 10.5. The van der Waals surface area contributed by atoms with Gasteiger partial charge in [0.15, 0.2) is 11.6 Å². The number of rotatable bonds is 4. The lowest BCUT2D eigenvalue weighted by atomic mass is 9.89. The Morgan fingerprint density at radius 1 is 1.23 bits per heavy atom. The summed E-state index contributed by atoms with van der Waals surface area (Å²) in [5, 5.41) is 23.8. The van der Waals surface area contributed by atoms with E-state index in [4.69, 9.17) is 4.74 Å². The quantitative estimate of drug-likeness (QED) is 0.600. The number of nitrogens with one attached hydrogen (secondary N) is 1. The zero-order chi connectivity index (χ0) is 22.3. The monoisotopic (exact) mass is 500 g/mol. The first-order chi connectivity index (χ1) is 14.7. The van der Waals surface area contributed by atoms with Crippen LogP contribution in [0.1, 0.15) is 18.4 Å². The highest BCUT2D eigenvalue weighted by Gasteiger charge is 2.42. The summed E-state index contributed by atoms with van der Waals surface area (Å²) >= 11 is 3.19. The lowest BCUT2D eigenvalue weighted by Crippen LogP contribution is -2.58. The molecule has 2 atom stereocenters. The normalized spacial score (nSPS) is 23.4. The van der Waals surface area contributed by atoms with E-state index in [2.05, 4.69) is 21.2 Å². The molecule has 1 saturated heterocycles. The van der Waals surface area contributed by atoms with E-state index in [0.717, 1.165) is 6.07 Å². The van der Waals surface area contributed by atoms with Gasteiger partial charge < -0.3 is 25.2 Å². The summed E-state index contributed by atoms with van der Waals surface area (Å²) in [4.78, 5) is 13.2. The molecule has 2 heterocycles. The highest BCUT2D eigenvalue weighted by atomic mass is 79.9. The highest BCUT2D eigenvalue weighted by molar-refractivity contribution is 9.10. The highest BCUT2D eigenvalue weighted by Crippen LogP contribution is 2.37. The van der Waals surface area contributed by atoms with Crippen molar-refractivity contribution >= 4 is 33.2 Å². The van der Waals surface area contributed by atoms with Gasteiger partial charge >= 0.3 is 0 Å². The van der Waals surface area contributed by atoms with Crippen LogP contribution in [0.2, 0.25) is 0 Å². The SMILES string of the molecule is O=C1CCc2c(OC[C@]3(O)CCN(c4ccc(Br)cc4F)C[C@H]3O)cc(F)c(F)c2N1. The number of amides is 1. The summed E-state index contributed by atoms with van der Waals surface area (Å²) in [5.74, 6) is -3.25. The number of benzene rings is 2. The van der Waals surface area contributed by atoms with Crippen LogP contribution in [0.3, 0.4) is 0 Å². The molecule has 1 amide bonds. The van der Waals surface area contributed by atoms with Gasteiger partial charge in [0.25, 0.3) is 0 Å². The fraction of sp³-hybridized carbons (Fsp3) is 0.381. The molecule has 0 aliphatic carbocycles. The number of aliphatic hydroxyl groups is 2. The fourth-order valence-corrected chi connectivity index (χ4v) is 4.21. The number of nitrogens with zero attached hydrogens (tertiary/aromatic N) is 1. The Labute approximate surface area is 184 Å². The third-order valence-corrected chi connectivity index (χ3v) is 6.20. The molecular weight excluding hydrogens is 481 g/mol. The number of β-amino-alcohol motifs (C(OH)–C–C–N with tert-alkyl or cyclic N) is 1. The van der Waals surface area contributed by atoms with Crippen molar-refractivity contribution in [2.24, 2.45) is 0 Å². The van der Waals surface area contributed by atoms with Gasteiger partial charge in [0.05, 0.1) is 11.4 Å². The molecule has 0 spiro atoms. The second kappa shape index (κ2) is 8.33.